The van der Waals surface area contributed by atoms with Crippen LogP contribution in [0.1, 0.15) is 67.0 Å². The first-order chi connectivity index (χ1) is 19.2. The van der Waals surface area contributed by atoms with Gasteiger partial charge < -0.3 is 18.7 Å². The van der Waals surface area contributed by atoms with E-state index in [1.165, 1.54) is 26.4 Å². The number of carbonyl (C=O) groups excluding carboxylic acids is 2. The first-order valence-electron chi connectivity index (χ1n) is 13.2. The number of aryl methyl sites for hydroxylation is 2. The lowest BCUT2D eigenvalue weighted by Gasteiger charge is -2.12. The van der Waals surface area contributed by atoms with Crippen LogP contribution in [0.3, 0.4) is 0 Å². The molecule has 0 aliphatic carbocycles. The van der Waals surface area contributed by atoms with Crippen LogP contribution < -0.4 is 4.74 Å². The fourth-order valence-electron chi connectivity index (χ4n) is 4.42. The SMILES string of the molecule is CCCc1c(OCCCCCCc2ccc(CC(=O)OC)cc2/C=C/C(=O)OC)ccc2c(C(F)(F)F)noc12. The Morgan fingerprint density at radius 1 is 1.00 bits per heavy atom. The van der Waals surface area contributed by atoms with Gasteiger partial charge in [-0.2, -0.15) is 13.2 Å². The number of methoxy groups -OCH3 is 2. The summed E-state index contributed by atoms with van der Waals surface area (Å²) in [7, 11) is 2.65. The van der Waals surface area contributed by atoms with Crippen LogP contribution in [0.5, 0.6) is 5.75 Å². The maximum atomic E-state index is 13.2. The van der Waals surface area contributed by atoms with Gasteiger partial charge in [-0.1, -0.05) is 49.5 Å². The molecule has 10 heteroatoms. The Morgan fingerprint density at radius 3 is 2.48 bits per heavy atom. The smallest absolute Gasteiger partial charge is 0.437 e. The number of carbonyl (C=O) groups is 2. The first kappa shape index (κ1) is 30.7. The summed E-state index contributed by atoms with van der Waals surface area (Å²) in [5, 5.41) is 3.20. The average Bonchev–Trinajstić information content (AvgIpc) is 3.38. The van der Waals surface area contributed by atoms with Gasteiger partial charge in [0, 0.05) is 11.6 Å². The summed E-state index contributed by atoms with van der Waals surface area (Å²) in [6.45, 7) is 2.37. The van der Waals surface area contributed by atoms with Gasteiger partial charge in [-0.3, -0.25) is 4.79 Å². The molecule has 1 aromatic heterocycles. The molecule has 7 nitrogen and oxygen atoms in total. The summed E-state index contributed by atoms with van der Waals surface area (Å²) in [5.41, 5.74) is 2.39. The van der Waals surface area contributed by atoms with Crippen molar-refractivity contribution in [2.24, 2.45) is 0 Å². The van der Waals surface area contributed by atoms with Gasteiger partial charge in [0.15, 0.2) is 11.3 Å². The van der Waals surface area contributed by atoms with Crippen molar-refractivity contribution in [3.63, 3.8) is 0 Å². The predicted molar refractivity (Wildman–Crippen MR) is 144 cm³/mol. The van der Waals surface area contributed by atoms with Crippen molar-refractivity contribution in [2.45, 2.75) is 64.5 Å². The highest BCUT2D eigenvalue weighted by Gasteiger charge is 2.37. The maximum Gasteiger partial charge on any atom is 0.437 e. The molecule has 0 radical (unpaired) electrons. The first-order valence-corrected chi connectivity index (χ1v) is 13.2. The highest BCUT2D eigenvalue weighted by molar-refractivity contribution is 5.87. The second-order valence-electron chi connectivity index (χ2n) is 9.35. The molecular weight excluding hydrogens is 527 g/mol. The lowest BCUT2D eigenvalue weighted by atomic mass is 9.97. The molecule has 3 rings (SSSR count). The van der Waals surface area contributed by atoms with E-state index in [0.29, 0.717) is 24.3 Å². The summed E-state index contributed by atoms with van der Waals surface area (Å²) in [5.74, 6) is -0.283. The minimum Gasteiger partial charge on any atom is -0.493 e. The molecule has 0 amide bonds. The number of hydrogen-bond donors (Lipinski definition) is 0. The zero-order valence-corrected chi connectivity index (χ0v) is 22.9. The Labute approximate surface area is 231 Å². The molecule has 0 fully saturated rings. The number of benzene rings is 2. The number of hydrogen-bond acceptors (Lipinski definition) is 7. The highest BCUT2D eigenvalue weighted by Crippen LogP contribution is 2.38. The van der Waals surface area contributed by atoms with E-state index >= 15 is 0 Å². The van der Waals surface area contributed by atoms with Crippen molar-refractivity contribution in [1.82, 2.24) is 5.16 Å². The zero-order chi connectivity index (χ0) is 29.1. The number of rotatable bonds is 14. The summed E-state index contributed by atoms with van der Waals surface area (Å²) < 4.78 is 60.1. The number of nitrogens with zero attached hydrogens (tertiary/aromatic N) is 1. The Hall–Kier alpha value is -3.82. The summed E-state index contributed by atoms with van der Waals surface area (Å²) >= 11 is 0. The zero-order valence-electron chi connectivity index (χ0n) is 22.9. The molecule has 0 N–H and O–H groups in total. The quantitative estimate of drug-likeness (QED) is 0.120. The van der Waals surface area contributed by atoms with E-state index in [1.807, 2.05) is 25.1 Å². The van der Waals surface area contributed by atoms with E-state index in [2.05, 4.69) is 9.89 Å². The van der Waals surface area contributed by atoms with E-state index in [4.69, 9.17) is 14.0 Å². The number of ether oxygens (including phenoxy) is 3. The van der Waals surface area contributed by atoms with Crippen molar-refractivity contribution in [3.05, 3.63) is 64.4 Å². The van der Waals surface area contributed by atoms with Crippen LogP contribution in [0, 0.1) is 0 Å². The lowest BCUT2D eigenvalue weighted by Crippen LogP contribution is -2.06. The van der Waals surface area contributed by atoms with Crippen LogP contribution in [-0.2, 0) is 44.5 Å². The third-order valence-corrected chi connectivity index (χ3v) is 6.45. The summed E-state index contributed by atoms with van der Waals surface area (Å²) in [6, 6.07) is 8.62. The number of fused-ring (bicyclic) bond motifs is 1. The van der Waals surface area contributed by atoms with Crippen LogP contribution in [0.2, 0.25) is 0 Å². The van der Waals surface area contributed by atoms with Gasteiger partial charge in [0.25, 0.3) is 0 Å². The molecular formula is C30H34F3NO6. The third kappa shape index (κ3) is 8.34. The van der Waals surface area contributed by atoms with Crippen molar-refractivity contribution < 1.29 is 41.5 Å². The van der Waals surface area contributed by atoms with Crippen molar-refractivity contribution in [3.8, 4) is 5.75 Å². The predicted octanol–water partition coefficient (Wildman–Crippen LogP) is 6.88. The minimum atomic E-state index is -4.58. The third-order valence-electron chi connectivity index (χ3n) is 6.45. The number of halogens is 3. The molecule has 3 aromatic rings. The summed E-state index contributed by atoms with van der Waals surface area (Å²) in [6.07, 6.45) is 4.14. The van der Waals surface area contributed by atoms with Crippen molar-refractivity contribution >= 4 is 29.0 Å². The van der Waals surface area contributed by atoms with Gasteiger partial charge in [-0.25, -0.2) is 4.79 Å². The molecule has 0 spiro atoms. The van der Waals surface area contributed by atoms with E-state index < -0.39 is 17.8 Å². The lowest BCUT2D eigenvalue weighted by molar-refractivity contribution is -0.141. The molecule has 1 heterocycles. The Bertz CT molecular complexity index is 1330. The second-order valence-corrected chi connectivity index (χ2v) is 9.35. The molecule has 0 aliphatic rings. The van der Waals surface area contributed by atoms with Crippen LogP contribution in [0.25, 0.3) is 17.0 Å². The van der Waals surface area contributed by atoms with Gasteiger partial charge in [0.05, 0.1) is 32.6 Å². The molecule has 2 aromatic carbocycles. The molecule has 0 bridgehead atoms. The number of unbranched alkanes of at least 4 members (excludes halogenated alkanes) is 3. The highest BCUT2D eigenvalue weighted by atomic mass is 19.4. The van der Waals surface area contributed by atoms with Gasteiger partial charge in [0.2, 0.25) is 0 Å². The minimum absolute atomic E-state index is 0.0533. The Morgan fingerprint density at radius 2 is 1.77 bits per heavy atom. The summed E-state index contributed by atoms with van der Waals surface area (Å²) in [4.78, 5) is 23.2. The molecule has 216 valence electrons. The second kappa shape index (κ2) is 14.5. The molecule has 0 saturated heterocycles. The van der Waals surface area contributed by atoms with Gasteiger partial charge in [0.1, 0.15) is 5.75 Å². The Balaban J connectivity index is 1.54. The molecule has 0 aliphatic heterocycles. The monoisotopic (exact) mass is 561 g/mol. The van der Waals surface area contributed by atoms with Gasteiger partial charge in [-0.05, 0) is 60.6 Å². The van der Waals surface area contributed by atoms with E-state index in [-0.39, 0.29) is 23.4 Å². The molecule has 0 unspecified atom stereocenters. The van der Waals surface area contributed by atoms with Crippen molar-refractivity contribution in [1.29, 1.82) is 0 Å². The largest absolute Gasteiger partial charge is 0.493 e. The van der Waals surface area contributed by atoms with Crippen LogP contribution >= 0.6 is 0 Å². The average molecular weight is 562 g/mol. The number of esters is 2. The van der Waals surface area contributed by atoms with Crippen LogP contribution in [0.15, 0.2) is 40.9 Å². The molecule has 0 atom stereocenters. The fourth-order valence-corrected chi connectivity index (χ4v) is 4.42. The van der Waals surface area contributed by atoms with E-state index in [1.54, 1.807) is 12.1 Å². The molecule has 0 saturated carbocycles. The molecule has 40 heavy (non-hydrogen) atoms. The number of aromatic nitrogens is 1. The maximum absolute atomic E-state index is 13.2. The Kier molecular flexibility index (Phi) is 11.2. The van der Waals surface area contributed by atoms with Gasteiger partial charge >= 0.3 is 18.1 Å². The normalized spacial score (nSPS) is 11.8. The topological polar surface area (TPSA) is 87.9 Å². The van der Waals surface area contributed by atoms with E-state index in [0.717, 1.165) is 55.2 Å². The van der Waals surface area contributed by atoms with Crippen LogP contribution in [0.4, 0.5) is 13.2 Å². The van der Waals surface area contributed by atoms with Gasteiger partial charge in [-0.15, -0.1) is 0 Å². The van der Waals surface area contributed by atoms with Crippen molar-refractivity contribution in [2.75, 3.05) is 20.8 Å². The fraction of sp³-hybridized carbons (Fsp3) is 0.433. The van der Waals surface area contributed by atoms with Crippen LogP contribution in [-0.4, -0.2) is 37.9 Å². The van der Waals surface area contributed by atoms with E-state index in [9.17, 15) is 22.8 Å². The number of alkyl halides is 3. The standard InChI is InChI=1S/C30H34F3NO6/c1-4-9-23-25(15-14-24-28(23)40-34-29(24)30(31,32)33)39-17-8-6-5-7-10-21-12-11-20(19-27(36)38-3)18-22(21)13-16-26(35)37-2/h11-16,18H,4-10,17,19H2,1-3H3/b16-13+.